The Morgan fingerprint density at radius 1 is 1.06 bits per heavy atom. The van der Waals surface area contributed by atoms with Crippen LogP contribution in [0.1, 0.15) is 48.7 Å². The lowest BCUT2D eigenvalue weighted by molar-refractivity contribution is -0.130. The number of thiazole rings is 1. The Kier molecular flexibility index (Phi) is 6.65. The van der Waals surface area contributed by atoms with Crippen molar-refractivity contribution in [3.05, 3.63) is 40.9 Å². The van der Waals surface area contributed by atoms with Gasteiger partial charge < -0.3 is 15.1 Å². The molecule has 1 N–H and O–H groups in total. The lowest BCUT2D eigenvalue weighted by atomic mass is 10.1. The average Bonchev–Trinajstić information content (AvgIpc) is 3.46. The third kappa shape index (κ3) is 5.31. The van der Waals surface area contributed by atoms with E-state index < -0.39 is 0 Å². The van der Waals surface area contributed by atoms with Crippen molar-refractivity contribution in [2.75, 3.05) is 36.4 Å². The summed E-state index contributed by atoms with van der Waals surface area (Å²) in [7, 11) is 0. The molecule has 8 heteroatoms. The molecule has 2 aromatic rings. The van der Waals surface area contributed by atoms with Crippen molar-refractivity contribution in [3.8, 4) is 0 Å². The number of nitrogens with one attached hydrogen (secondary N) is 1. The molecule has 4 rings (SSSR count). The summed E-state index contributed by atoms with van der Waals surface area (Å²) in [5, 5.41) is 5.35. The number of aromatic nitrogens is 1. The molecule has 1 aromatic carbocycles. The molecule has 0 unspecified atom stereocenters. The number of Topliss-reactive ketones (excluding diaryl/α,β-unsaturated/α-hetero) is 1. The Hall–Kier alpha value is -2.74. The molecule has 2 aliphatic rings. The Morgan fingerprint density at radius 3 is 2.39 bits per heavy atom. The third-order valence-corrected chi connectivity index (χ3v) is 6.92. The maximum Gasteiger partial charge on any atom is 0.229 e. The van der Waals surface area contributed by atoms with Crippen LogP contribution in [0.25, 0.3) is 0 Å². The van der Waals surface area contributed by atoms with Gasteiger partial charge in [0.2, 0.25) is 11.8 Å². The van der Waals surface area contributed by atoms with E-state index in [1.54, 1.807) is 6.92 Å². The van der Waals surface area contributed by atoms with E-state index >= 15 is 0 Å². The minimum Gasteiger partial charge on any atom is -0.368 e. The summed E-state index contributed by atoms with van der Waals surface area (Å²) in [6, 6.07) is 7.62. The Bertz CT molecular complexity index is 942. The zero-order chi connectivity index (χ0) is 21.8. The van der Waals surface area contributed by atoms with Gasteiger partial charge >= 0.3 is 0 Å². The van der Waals surface area contributed by atoms with Crippen molar-refractivity contribution in [2.45, 2.75) is 39.0 Å². The molecule has 2 fully saturated rings. The molecule has 1 saturated heterocycles. The third-order valence-electron chi connectivity index (χ3n) is 6.11. The van der Waals surface area contributed by atoms with Crippen molar-refractivity contribution in [1.82, 2.24) is 9.88 Å². The first-order valence-corrected chi connectivity index (χ1v) is 11.8. The van der Waals surface area contributed by atoms with Crippen molar-refractivity contribution in [2.24, 2.45) is 5.92 Å². The van der Waals surface area contributed by atoms with Gasteiger partial charge in [0.25, 0.3) is 0 Å². The van der Waals surface area contributed by atoms with E-state index in [1.165, 1.54) is 11.3 Å². The van der Waals surface area contributed by atoms with E-state index in [0.29, 0.717) is 29.5 Å². The molecule has 2 heterocycles. The number of ketones is 1. The van der Waals surface area contributed by atoms with Crippen LogP contribution in [0.4, 0.5) is 10.8 Å². The lowest BCUT2D eigenvalue weighted by Crippen LogP contribution is -2.49. The highest BCUT2D eigenvalue weighted by atomic mass is 32.1. The zero-order valence-corrected chi connectivity index (χ0v) is 18.6. The van der Waals surface area contributed by atoms with Gasteiger partial charge in [-0.15, -0.1) is 11.3 Å². The number of hydrogen-bond donors (Lipinski definition) is 1. The average molecular weight is 441 g/mol. The zero-order valence-electron chi connectivity index (χ0n) is 17.8. The Balaban J connectivity index is 1.26. The standard InChI is InChI=1S/C23H28N4O3S/c1-16(28)17-6-8-20(9-7-17)26-10-12-27(13-11-26)21(29)14-19-15-31-23(24-19)25-22(30)18-4-2-3-5-18/h6-9,15,18H,2-5,10-14H2,1H3,(H,24,25,30). The molecule has 31 heavy (non-hydrogen) atoms. The summed E-state index contributed by atoms with van der Waals surface area (Å²) in [5.74, 6) is 0.275. The van der Waals surface area contributed by atoms with E-state index in [0.717, 1.165) is 44.5 Å². The highest BCUT2D eigenvalue weighted by Crippen LogP contribution is 2.27. The van der Waals surface area contributed by atoms with Crippen molar-refractivity contribution in [1.29, 1.82) is 0 Å². The van der Waals surface area contributed by atoms with Crippen LogP contribution in [0.15, 0.2) is 29.6 Å². The van der Waals surface area contributed by atoms with Gasteiger partial charge in [-0.25, -0.2) is 4.98 Å². The molecule has 0 atom stereocenters. The fraction of sp³-hybridized carbons (Fsp3) is 0.478. The highest BCUT2D eigenvalue weighted by molar-refractivity contribution is 7.13. The first-order valence-electron chi connectivity index (χ1n) is 10.9. The fourth-order valence-corrected chi connectivity index (χ4v) is 4.94. The van der Waals surface area contributed by atoms with Gasteiger partial charge in [-0.1, -0.05) is 12.8 Å². The van der Waals surface area contributed by atoms with Crippen LogP contribution >= 0.6 is 11.3 Å². The first kappa shape index (κ1) is 21.5. The van der Waals surface area contributed by atoms with E-state index in [-0.39, 0.29) is 29.9 Å². The number of carbonyl (C=O) groups excluding carboxylic acids is 3. The number of benzene rings is 1. The van der Waals surface area contributed by atoms with Gasteiger partial charge in [-0.3, -0.25) is 14.4 Å². The van der Waals surface area contributed by atoms with Crippen molar-refractivity contribution in [3.63, 3.8) is 0 Å². The second-order valence-electron chi connectivity index (χ2n) is 8.26. The number of carbonyl (C=O) groups is 3. The van der Waals surface area contributed by atoms with Gasteiger partial charge in [0.15, 0.2) is 10.9 Å². The summed E-state index contributed by atoms with van der Waals surface area (Å²) < 4.78 is 0. The summed E-state index contributed by atoms with van der Waals surface area (Å²) in [5.41, 5.74) is 2.48. The van der Waals surface area contributed by atoms with Gasteiger partial charge in [-0.2, -0.15) is 0 Å². The van der Waals surface area contributed by atoms with Crippen LogP contribution in [-0.4, -0.2) is 53.7 Å². The van der Waals surface area contributed by atoms with E-state index in [4.69, 9.17) is 0 Å². The molecule has 1 aliphatic heterocycles. The Morgan fingerprint density at radius 2 is 1.74 bits per heavy atom. The van der Waals surface area contributed by atoms with Crippen LogP contribution in [0.3, 0.4) is 0 Å². The number of hydrogen-bond acceptors (Lipinski definition) is 6. The predicted molar refractivity (Wildman–Crippen MR) is 122 cm³/mol. The molecule has 0 spiro atoms. The maximum atomic E-state index is 12.7. The molecule has 1 saturated carbocycles. The van der Waals surface area contributed by atoms with Crippen LogP contribution in [0.5, 0.6) is 0 Å². The second kappa shape index (κ2) is 9.60. The first-order chi connectivity index (χ1) is 15.0. The SMILES string of the molecule is CC(=O)c1ccc(N2CCN(C(=O)Cc3csc(NC(=O)C4CCCC4)n3)CC2)cc1. The molecule has 164 valence electrons. The molecule has 1 aliphatic carbocycles. The molecular weight excluding hydrogens is 412 g/mol. The molecule has 7 nitrogen and oxygen atoms in total. The fourth-order valence-electron chi connectivity index (χ4n) is 4.23. The summed E-state index contributed by atoms with van der Waals surface area (Å²) in [6.45, 7) is 4.38. The summed E-state index contributed by atoms with van der Waals surface area (Å²) in [6.07, 6.45) is 4.40. The Labute approximate surface area is 186 Å². The van der Waals surface area contributed by atoms with Crippen LogP contribution in [-0.2, 0) is 16.0 Å². The highest BCUT2D eigenvalue weighted by Gasteiger charge is 2.24. The largest absolute Gasteiger partial charge is 0.368 e. The monoisotopic (exact) mass is 440 g/mol. The smallest absolute Gasteiger partial charge is 0.229 e. The minimum atomic E-state index is 0.0529. The van der Waals surface area contributed by atoms with Gasteiger partial charge in [-0.05, 0) is 44.0 Å². The number of piperazine rings is 1. The van der Waals surface area contributed by atoms with Crippen LogP contribution in [0, 0.1) is 5.92 Å². The van der Waals surface area contributed by atoms with Crippen LogP contribution < -0.4 is 10.2 Å². The van der Waals surface area contributed by atoms with Gasteiger partial charge in [0.1, 0.15) is 0 Å². The van der Waals surface area contributed by atoms with E-state index in [1.807, 2.05) is 34.5 Å². The van der Waals surface area contributed by atoms with Gasteiger partial charge in [0.05, 0.1) is 12.1 Å². The topological polar surface area (TPSA) is 82.6 Å². The van der Waals surface area contributed by atoms with Crippen molar-refractivity contribution < 1.29 is 14.4 Å². The predicted octanol–water partition coefficient (Wildman–Crippen LogP) is 3.37. The summed E-state index contributed by atoms with van der Waals surface area (Å²) in [4.78, 5) is 44.9. The number of amides is 2. The molecule has 2 amide bonds. The number of rotatable bonds is 6. The lowest BCUT2D eigenvalue weighted by Gasteiger charge is -2.36. The van der Waals surface area contributed by atoms with Gasteiger partial charge in [0, 0.05) is 48.7 Å². The quantitative estimate of drug-likeness (QED) is 0.697. The summed E-state index contributed by atoms with van der Waals surface area (Å²) >= 11 is 1.38. The van der Waals surface area contributed by atoms with Crippen LogP contribution in [0.2, 0.25) is 0 Å². The van der Waals surface area contributed by atoms with E-state index in [9.17, 15) is 14.4 Å². The number of nitrogens with zero attached hydrogens (tertiary/aromatic N) is 3. The van der Waals surface area contributed by atoms with Crippen molar-refractivity contribution >= 4 is 39.8 Å². The second-order valence-corrected chi connectivity index (χ2v) is 9.12. The number of anilines is 2. The molecule has 0 bridgehead atoms. The molecular formula is C23H28N4O3S. The van der Waals surface area contributed by atoms with E-state index in [2.05, 4.69) is 15.2 Å². The normalized spacial score (nSPS) is 17.1. The molecule has 1 aromatic heterocycles. The molecule has 0 radical (unpaired) electrons. The minimum absolute atomic E-state index is 0.0529. The maximum absolute atomic E-state index is 12.7.